The molecule has 0 heterocycles. The molecular formula is C17H30N6O7S. The Bertz CT molecular complexity index is 702. The molecule has 14 heteroatoms. The predicted octanol–water partition coefficient (Wildman–Crippen LogP) is -3.42. The lowest BCUT2D eigenvalue weighted by atomic mass is 10.0. The van der Waals surface area contributed by atoms with Gasteiger partial charge in [0.05, 0.1) is 12.5 Å². The molecule has 5 amide bonds. The molecule has 0 spiro atoms. The average molecular weight is 463 g/mol. The number of aliphatic carboxylic acids is 1. The summed E-state index contributed by atoms with van der Waals surface area (Å²) in [5, 5.41) is 16.0. The van der Waals surface area contributed by atoms with E-state index in [1.54, 1.807) is 13.8 Å². The summed E-state index contributed by atoms with van der Waals surface area (Å²) in [6.45, 7) is 3.23. The van der Waals surface area contributed by atoms with Gasteiger partial charge in [-0.15, -0.1) is 0 Å². The van der Waals surface area contributed by atoms with Gasteiger partial charge < -0.3 is 38.3 Å². The molecule has 0 aliphatic heterocycles. The third kappa shape index (κ3) is 10.6. The lowest BCUT2D eigenvalue weighted by molar-refractivity contribution is -0.141. The topological polar surface area (TPSA) is 237 Å². The van der Waals surface area contributed by atoms with Gasteiger partial charge >= 0.3 is 5.97 Å². The predicted molar refractivity (Wildman–Crippen MR) is 112 cm³/mol. The molecule has 4 atom stereocenters. The van der Waals surface area contributed by atoms with Gasteiger partial charge in [0.2, 0.25) is 29.5 Å². The van der Waals surface area contributed by atoms with E-state index in [-0.39, 0.29) is 18.6 Å². The van der Waals surface area contributed by atoms with Gasteiger partial charge in [-0.25, -0.2) is 4.79 Å². The monoisotopic (exact) mass is 462 g/mol. The van der Waals surface area contributed by atoms with E-state index in [1.807, 2.05) is 0 Å². The highest BCUT2D eigenvalue weighted by Gasteiger charge is 2.31. The van der Waals surface area contributed by atoms with Crippen molar-refractivity contribution in [1.82, 2.24) is 16.0 Å². The molecule has 0 saturated heterocycles. The Kier molecular flexibility index (Phi) is 12.2. The van der Waals surface area contributed by atoms with Gasteiger partial charge in [0.1, 0.15) is 18.1 Å². The fourth-order valence-electron chi connectivity index (χ4n) is 2.38. The number of carbonyl (C=O) groups is 6. The van der Waals surface area contributed by atoms with Crippen molar-refractivity contribution in [2.45, 2.75) is 57.3 Å². The second kappa shape index (κ2) is 13.4. The summed E-state index contributed by atoms with van der Waals surface area (Å²) in [5.41, 5.74) is 15.7. The normalized spacial score (nSPS) is 14.6. The van der Waals surface area contributed by atoms with Crippen LogP contribution in [-0.4, -0.2) is 70.5 Å². The number of carbonyl (C=O) groups excluding carboxylic acids is 5. The minimum Gasteiger partial charge on any atom is -0.480 e. The first-order valence-electron chi connectivity index (χ1n) is 9.37. The lowest BCUT2D eigenvalue weighted by Crippen LogP contribution is -2.58. The summed E-state index contributed by atoms with van der Waals surface area (Å²) in [7, 11) is 0. The summed E-state index contributed by atoms with van der Waals surface area (Å²) in [5.74, 6) is -5.97. The van der Waals surface area contributed by atoms with Crippen LogP contribution in [-0.2, 0) is 28.8 Å². The van der Waals surface area contributed by atoms with Gasteiger partial charge in [0.25, 0.3) is 0 Å². The van der Waals surface area contributed by atoms with Gasteiger partial charge in [-0.3, -0.25) is 24.0 Å². The molecule has 0 aromatic rings. The smallest absolute Gasteiger partial charge is 0.327 e. The van der Waals surface area contributed by atoms with E-state index >= 15 is 0 Å². The maximum Gasteiger partial charge on any atom is 0.327 e. The van der Waals surface area contributed by atoms with Gasteiger partial charge in [-0.1, -0.05) is 13.8 Å². The van der Waals surface area contributed by atoms with Crippen molar-refractivity contribution in [3.05, 3.63) is 0 Å². The molecule has 0 aromatic heterocycles. The van der Waals surface area contributed by atoms with Crippen molar-refractivity contribution in [1.29, 1.82) is 0 Å². The molecule has 4 unspecified atom stereocenters. The van der Waals surface area contributed by atoms with Crippen molar-refractivity contribution < 1.29 is 33.9 Å². The maximum atomic E-state index is 12.7. The first-order valence-corrected chi connectivity index (χ1v) is 10.00. The number of hydrogen-bond donors (Lipinski definition) is 8. The quantitative estimate of drug-likeness (QED) is 0.121. The van der Waals surface area contributed by atoms with Crippen LogP contribution in [0.5, 0.6) is 0 Å². The molecule has 0 fully saturated rings. The van der Waals surface area contributed by atoms with Crippen LogP contribution in [0.15, 0.2) is 0 Å². The van der Waals surface area contributed by atoms with Crippen LogP contribution in [0.25, 0.3) is 0 Å². The van der Waals surface area contributed by atoms with Crippen molar-refractivity contribution in [3.63, 3.8) is 0 Å². The summed E-state index contributed by atoms with van der Waals surface area (Å²) in [6.07, 6.45) is -0.896. The number of primary amides is 2. The summed E-state index contributed by atoms with van der Waals surface area (Å²) >= 11 is 3.84. The van der Waals surface area contributed by atoms with E-state index in [0.717, 1.165) is 0 Å². The first kappa shape index (κ1) is 28.1. The van der Waals surface area contributed by atoms with Crippen molar-refractivity contribution in [2.24, 2.45) is 23.1 Å². The molecule has 176 valence electrons. The highest BCUT2D eigenvalue weighted by Crippen LogP contribution is 2.06. The zero-order valence-corrected chi connectivity index (χ0v) is 18.2. The van der Waals surface area contributed by atoms with Gasteiger partial charge in [-0.05, 0) is 12.3 Å². The van der Waals surface area contributed by atoms with Crippen LogP contribution in [0, 0.1) is 5.92 Å². The highest BCUT2D eigenvalue weighted by molar-refractivity contribution is 7.80. The van der Waals surface area contributed by atoms with E-state index in [0.29, 0.717) is 0 Å². The standard InChI is InChI=1S/C17H30N6O7S/c1-7(2)13(23-14(26)8(18)5-12(20)25)16(28)21-9(3-4-11(19)24)15(27)22-10(6-31)17(29)30/h7-10,13,31H,3-6,18H2,1-2H3,(H2,19,24)(H2,20,25)(H,21,28)(H,22,27)(H,23,26)(H,29,30). The van der Waals surface area contributed by atoms with Crippen molar-refractivity contribution in [3.8, 4) is 0 Å². The second-order valence-corrected chi connectivity index (χ2v) is 7.52. The van der Waals surface area contributed by atoms with Crippen molar-refractivity contribution >= 4 is 48.1 Å². The molecule has 0 aliphatic carbocycles. The second-order valence-electron chi connectivity index (χ2n) is 7.16. The van der Waals surface area contributed by atoms with Crippen LogP contribution in [0.2, 0.25) is 0 Å². The highest BCUT2D eigenvalue weighted by atomic mass is 32.1. The Labute approximate surface area is 184 Å². The lowest BCUT2D eigenvalue weighted by Gasteiger charge is -2.26. The summed E-state index contributed by atoms with van der Waals surface area (Å²) < 4.78 is 0. The Hall–Kier alpha value is -2.87. The van der Waals surface area contributed by atoms with Crippen molar-refractivity contribution in [2.75, 3.05) is 5.75 Å². The first-order chi connectivity index (χ1) is 14.3. The van der Waals surface area contributed by atoms with Gasteiger partial charge in [0, 0.05) is 12.2 Å². The van der Waals surface area contributed by atoms with E-state index in [1.165, 1.54) is 0 Å². The van der Waals surface area contributed by atoms with Gasteiger partial charge in [-0.2, -0.15) is 12.6 Å². The number of thiol groups is 1. The van der Waals surface area contributed by atoms with Crippen LogP contribution in [0.4, 0.5) is 0 Å². The molecule has 13 nitrogen and oxygen atoms in total. The molecule has 0 bridgehead atoms. The van der Waals surface area contributed by atoms with Crippen LogP contribution >= 0.6 is 12.6 Å². The molecule has 0 saturated carbocycles. The molecule has 0 aliphatic rings. The number of nitrogens with one attached hydrogen (secondary N) is 3. The molecule has 0 rings (SSSR count). The van der Waals surface area contributed by atoms with E-state index in [4.69, 9.17) is 22.3 Å². The largest absolute Gasteiger partial charge is 0.480 e. The summed E-state index contributed by atoms with van der Waals surface area (Å²) in [4.78, 5) is 70.5. The van der Waals surface area contributed by atoms with E-state index in [2.05, 4.69) is 28.6 Å². The minimum absolute atomic E-state index is 0.203. The third-order valence-electron chi connectivity index (χ3n) is 4.11. The number of amides is 5. The Balaban J connectivity index is 5.41. The third-order valence-corrected chi connectivity index (χ3v) is 4.48. The number of rotatable bonds is 14. The Morgan fingerprint density at radius 2 is 1.42 bits per heavy atom. The van der Waals surface area contributed by atoms with Gasteiger partial charge in [0.15, 0.2) is 0 Å². The molecule has 10 N–H and O–H groups in total. The SMILES string of the molecule is CC(C)C(NC(=O)C(N)CC(N)=O)C(=O)NC(CCC(N)=O)C(=O)NC(CS)C(=O)O. The fourth-order valence-corrected chi connectivity index (χ4v) is 2.63. The Morgan fingerprint density at radius 3 is 1.84 bits per heavy atom. The number of carboxylic acids is 1. The molecular weight excluding hydrogens is 432 g/mol. The zero-order valence-electron chi connectivity index (χ0n) is 17.3. The van der Waals surface area contributed by atoms with Crippen LogP contribution < -0.4 is 33.2 Å². The minimum atomic E-state index is -1.33. The molecule has 31 heavy (non-hydrogen) atoms. The van der Waals surface area contributed by atoms with Crippen LogP contribution in [0.1, 0.15) is 33.1 Å². The fraction of sp³-hybridized carbons (Fsp3) is 0.647. The number of hydrogen-bond acceptors (Lipinski definition) is 8. The zero-order chi connectivity index (χ0) is 24.3. The van der Waals surface area contributed by atoms with Crippen LogP contribution in [0.3, 0.4) is 0 Å². The number of carboxylic acid groups (broad SMARTS) is 1. The molecule has 0 aromatic carbocycles. The Morgan fingerprint density at radius 1 is 0.871 bits per heavy atom. The van der Waals surface area contributed by atoms with E-state index < -0.39 is 72.0 Å². The summed E-state index contributed by atoms with van der Waals surface area (Å²) in [6, 6.07) is -5.04. The maximum absolute atomic E-state index is 12.7. The van der Waals surface area contributed by atoms with E-state index in [9.17, 15) is 28.8 Å². The molecule has 0 radical (unpaired) electrons. The number of nitrogens with two attached hydrogens (primary N) is 3. The average Bonchev–Trinajstić information content (AvgIpc) is 2.65.